The maximum Gasteiger partial charge on any atom is 0.508 e. The summed E-state index contributed by atoms with van der Waals surface area (Å²) < 4.78 is 16.7. The van der Waals surface area contributed by atoms with Crippen molar-refractivity contribution in [2.45, 2.75) is 27.4 Å². The molecule has 0 fully saturated rings. The van der Waals surface area contributed by atoms with Crippen molar-refractivity contribution in [2.75, 3.05) is 18.5 Å². The van der Waals surface area contributed by atoms with Gasteiger partial charge in [0.2, 0.25) is 0 Å². The predicted octanol–water partition coefficient (Wildman–Crippen LogP) is 3.42. The number of nitrogens with zero attached hydrogens (tertiary/aromatic N) is 2. The van der Waals surface area contributed by atoms with E-state index < -0.39 is 12.2 Å². The third-order valence-corrected chi connectivity index (χ3v) is 3.35. The van der Waals surface area contributed by atoms with Crippen LogP contribution in [0, 0.1) is 6.92 Å². The Morgan fingerprint density at radius 3 is 2.56 bits per heavy atom. The van der Waals surface area contributed by atoms with Crippen LogP contribution in [0.1, 0.15) is 25.2 Å². The Bertz CT molecular complexity index is 742. The van der Waals surface area contributed by atoms with Crippen LogP contribution in [-0.2, 0) is 20.8 Å². The van der Waals surface area contributed by atoms with Gasteiger partial charge in [0.05, 0.1) is 24.6 Å². The van der Waals surface area contributed by atoms with E-state index in [9.17, 15) is 9.59 Å². The van der Waals surface area contributed by atoms with E-state index in [-0.39, 0.29) is 19.8 Å². The molecule has 1 aromatic heterocycles. The van der Waals surface area contributed by atoms with E-state index in [1.54, 1.807) is 38.4 Å². The van der Waals surface area contributed by atoms with Gasteiger partial charge in [-0.1, -0.05) is 6.07 Å². The van der Waals surface area contributed by atoms with Crippen LogP contribution in [0.5, 0.6) is 0 Å². The molecule has 1 aromatic carbocycles. The van der Waals surface area contributed by atoms with Crippen molar-refractivity contribution in [1.82, 2.24) is 9.55 Å². The molecule has 0 saturated carbocycles. The van der Waals surface area contributed by atoms with E-state index in [0.717, 1.165) is 11.5 Å². The molecule has 0 atom stereocenters. The first-order valence-corrected chi connectivity index (χ1v) is 7.92. The van der Waals surface area contributed by atoms with E-state index in [0.29, 0.717) is 11.3 Å². The first kappa shape index (κ1) is 18.3. The highest BCUT2D eigenvalue weighted by Crippen LogP contribution is 2.26. The third-order valence-electron chi connectivity index (χ3n) is 3.35. The summed E-state index contributed by atoms with van der Waals surface area (Å²) in [4.78, 5) is 27.5. The SMILES string of the molecule is CCOC(=O)Nc1cccc(-n2ccnc2C)c1COC(=O)OCC. The number of imidazole rings is 1. The lowest BCUT2D eigenvalue weighted by molar-refractivity contribution is 0.0537. The Morgan fingerprint density at radius 2 is 1.92 bits per heavy atom. The van der Waals surface area contributed by atoms with Crippen molar-refractivity contribution in [3.05, 3.63) is 42.0 Å². The van der Waals surface area contributed by atoms with E-state index in [1.807, 2.05) is 17.6 Å². The quantitative estimate of drug-likeness (QED) is 0.805. The zero-order valence-electron chi connectivity index (χ0n) is 14.4. The van der Waals surface area contributed by atoms with Crippen LogP contribution in [-0.4, -0.2) is 35.0 Å². The molecule has 0 bridgehead atoms. The van der Waals surface area contributed by atoms with Crippen LogP contribution in [0.15, 0.2) is 30.6 Å². The van der Waals surface area contributed by atoms with Gasteiger partial charge in [0.1, 0.15) is 12.4 Å². The molecule has 0 aliphatic rings. The van der Waals surface area contributed by atoms with Gasteiger partial charge in [-0.15, -0.1) is 0 Å². The number of aromatic nitrogens is 2. The van der Waals surface area contributed by atoms with Crippen LogP contribution < -0.4 is 5.32 Å². The molecule has 0 saturated heterocycles. The van der Waals surface area contributed by atoms with Gasteiger partial charge in [0.15, 0.2) is 0 Å². The number of nitrogens with one attached hydrogen (secondary N) is 1. The predicted molar refractivity (Wildman–Crippen MR) is 90.8 cm³/mol. The lowest BCUT2D eigenvalue weighted by Crippen LogP contribution is -2.17. The van der Waals surface area contributed by atoms with Gasteiger partial charge >= 0.3 is 12.2 Å². The molecule has 0 aliphatic heterocycles. The largest absolute Gasteiger partial charge is 0.508 e. The number of carbonyl (C=O) groups is 2. The van der Waals surface area contributed by atoms with Gasteiger partial charge in [-0.05, 0) is 32.9 Å². The molecule has 1 amide bonds. The second kappa shape index (κ2) is 8.72. The Morgan fingerprint density at radius 1 is 1.16 bits per heavy atom. The molecule has 2 aromatic rings. The Labute approximate surface area is 145 Å². The molecular weight excluding hydrogens is 326 g/mol. The first-order chi connectivity index (χ1) is 12.1. The van der Waals surface area contributed by atoms with E-state index in [2.05, 4.69) is 10.3 Å². The number of hydrogen-bond acceptors (Lipinski definition) is 6. The normalized spacial score (nSPS) is 10.2. The molecule has 0 radical (unpaired) electrons. The molecule has 134 valence electrons. The van der Waals surface area contributed by atoms with Gasteiger partial charge in [-0.2, -0.15) is 0 Å². The van der Waals surface area contributed by atoms with Gasteiger partial charge in [0.25, 0.3) is 0 Å². The van der Waals surface area contributed by atoms with Crippen LogP contribution in [0.2, 0.25) is 0 Å². The second-order valence-electron chi connectivity index (χ2n) is 4.96. The summed E-state index contributed by atoms with van der Waals surface area (Å²) in [6.07, 6.45) is 2.09. The Balaban J connectivity index is 2.36. The third kappa shape index (κ3) is 4.72. The standard InChI is InChI=1S/C17H21N3O5/c1-4-23-16(21)19-14-7-6-8-15(20-10-9-18-12(20)3)13(14)11-25-17(22)24-5-2/h6-10H,4-5,11H2,1-3H3,(H,19,21). The molecule has 0 unspecified atom stereocenters. The lowest BCUT2D eigenvalue weighted by atomic mass is 10.1. The summed E-state index contributed by atoms with van der Waals surface area (Å²) in [5, 5.41) is 2.66. The fourth-order valence-electron chi connectivity index (χ4n) is 2.27. The highest BCUT2D eigenvalue weighted by Gasteiger charge is 2.16. The number of aryl methyl sites for hydroxylation is 1. The highest BCUT2D eigenvalue weighted by molar-refractivity contribution is 5.86. The summed E-state index contributed by atoms with van der Waals surface area (Å²) in [7, 11) is 0. The molecule has 0 spiro atoms. The molecular formula is C17H21N3O5. The van der Waals surface area contributed by atoms with Crippen LogP contribution in [0.25, 0.3) is 5.69 Å². The highest BCUT2D eigenvalue weighted by atomic mass is 16.7. The van der Waals surface area contributed by atoms with Crippen molar-refractivity contribution < 1.29 is 23.8 Å². The number of ether oxygens (including phenoxy) is 3. The fourth-order valence-corrected chi connectivity index (χ4v) is 2.27. The van der Waals surface area contributed by atoms with E-state index in [4.69, 9.17) is 14.2 Å². The molecule has 2 rings (SSSR count). The molecule has 8 nitrogen and oxygen atoms in total. The zero-order valence-corrected chi connectivity index (χ0v) is 14.4. The van der Waals surface area contributed by atoms with Gasteiger partial charge in [-0.25, -0.2) is 14.6 Å². The fraction of sp³-hybridized carbons (Fsp3) is 0.353. The average Bonchev–Trinajstić information content (AvgIpc) is 3.00. The minimum atomic E-state index is -0.776. The zero-order chi connectivity index (χ0) is 18.2. The molecule has 8 heteroatoms. The van der Waals surface area contributed by atoms with Gasteiger partial charge < -0.3 is 18.8 Å². The van der Waals surface area contributed by atoms with Crippen LogP contribution in [0.3, 0.4) is 0 Å². The van der Waals surface area contributed by atoms with Crippen molar-refractivity contribution in [2.24, 2.45) is 0 Å². The van der Waals surface area contributed by atoms with Crippen molar-refractivity contribution in [1.29, 1.82) is 0 Å². The molecule has 1 heterocycles. The monoisotopic (exact) mass is 347 g/mol. The summed E-state index contributed by atoms with van der Waals surface area (Å²) in [5.41, 5.74) is 1.81. The molecule has 0 aliphatic carbocycles. The Hall–Kier alpha value is -3.03. The van der Waals surface area contributed by atoms with Crippen molar-refractivity contribution in [3.63, 3.8) is 0 Å². The van der Waals surface area contributed by atoms with Crippen molar-refractivity contribution in [3.8, 4) is 5.69 Å². The second-order valence-corrected chi connectivity index (χ2v) is 4.96. The maximum absolute atomic E-state index is 11.8. The van der Waals surface area contributed by atoms with Gasteiger partial charge in [0, 0.05) is 18.0 Å². The molecule has 25 heavy (non-hydrogen) atoms. The number of benzene rings is 1. The number of anilines is 1. The van der Waals surface area contributed by atoms with Crippen LogP contribution in [0.4, 0.5) is 15.3 Å². The van der Waals surface area contributed by atoms with Crippen molar-refractivity contribution >= 4 is 17.9 Å². The van der Waals surface area contributed by atoms with Gasteiger partial charge in [-0.3, -0.25) is 5.32 Å². The van der Waals surface area contributed by atoms with Crippen LogP contribution >= 0.6 is 0 Å². The number of hydrogen-bond donors (Lipinski definition) is 1. The molecule has 1 N–H and O–H groups in total. The average molecular weight is 347 g/mol. The number of carbonyl (C=O) groups excluding carboxylic acids is 2. The maximum atomic E-state index is 11.8. The lowest BCUT2D eigenvalue weighted by Gasteiger charge is -2.17. The summed E-state index contributed by atoms with van der Waals surface area (Å²) >= 11 is 0. The summed E-state index contributed by atoms with van der Waals surface area (Å²) in [6, 6.07) is 5.33. The topological polar surface area (TPSA) is 91.7 Å². The summed E-state index contributed by atoms with van der Waals surface area (Å²) in [6.45, 7) is 5.65. The minimum Gasteiger partial charge on any atom is -0.450 e. The Kier molecular flexibility index (Phi) is 6.39. The van der Waals surface area contributed by atoms with E-state index in [1.165, 1.54) is 0 Å². The number of amides is 1. The smallest absolute Gasteiger partial charge is 0.450 e. The first-order valence-electron chi connectivity index (χ1n) is 7.92. The van der Waals surface area contributed by atoms with E-state index >= 15 is 0 Å². The summed E-state index contributed by atoms with van der Waals surface area (Å²) in [5.74, 6) is 0.755. The number of rotatable bonds is 6. The minimum absolute atomic E-state index is 0.0750.